The molecule has 1 atom stereocenters. The first-order valence-electron chi connectivity index (χ1n) is 13.3. The number of anilines is 1. The summed E-state index contributed by atoms with van der Waals surface area (Å²) in [5.74, 6) is -0.830. The molecule has 1 aliphatic rings. The number of rotatable bonds is 10. The summed E-state index contributed by atoms with van der Waals surface area (Å²) in [5, 5.41) is 3.76. The normalized spacial score (nSPS) is 14.8. The Hall–Kier alpha value is -3.07. The lowest BCUT2D eigenvalue weighted by atomic mass is 9.95. The fraction of sp³-hybridized carbons (Fsp3) is 0.333. The van der Waals surface area contributed by atoms with E-state index in [0.717, 1.165) is 36.4 Å². The first-order valence-corrected chi connectivity index (χ1v) is 15.5. The second-order valence-electron chi connectivity index (χ2n) is 9.95. The van der Waals surface area contributed by atoms with Crippen LogP contribution in [0.3, 0.4) is 0 Å². The topological polar surface area (TPSA) is 86.8 Å². The third kappa shape index (κ3) is 7.36. The van der Waals surface area contributed by atoms with E-state index in [9.17, 15) is 18.0 Å². The van der Waals surface area contributed by atoms with Gasteiger partial charge in [0.2, 0.25) is 11.8 Å². The molecular formula is C30H33Cl2N3O4S. The van der Waals surface area contributed by atoms with Gasteiger partial charge in [0.1, 0.15) is 12.6 Å². The maximum absolute atomic E-state index is 14.0. The number of halogens is 2. The van der Waals surface area contributed by atoms with Gasteiger partial charge in [0.05, 0.1) is 15.6 Å². The number of carbonyl (C=O) groups excluding carboxylic acids is 2. The van der Waals surface area contributed by atoms with Crippen molar-refractivity contribution in [3.63, 3.8) is 0 Å². The van der Waals surface area contributed by atoms with Crippen molar-refractivity contribution in [1.29, 1.82) is 0 Å². The zero-order valence-corrected chi connectivity index (χ0v) is 24.6. The average molecular weight is 603 g/mol. The lowest BCUT2D eigenvalue weighted by Crippen LogP contribution is -2.53. The second kappa shape index (κ2) is 13.5. The predicted molar refractivity (Wildman–Crippen MR) is 159 cm³/mol. The number of amides is 2. The standard InChI is InChI=1S/C30H33Cl2N3O4S/c1-22(30(37)33-25-13-4-2-5-14-25)34(20-23-11-10-12-24(31)19-23)29(36)21-35(28-18-9-8-17-27(28)32)40(38,39)26-15-6-3-7-16-26/h3,6-12,15-19,22,25H,2,4-5,13-14,20-21H2,1H3,(H,33,37). The molecule has 1 unspecified atom stereocenters. The van der Waals surface area contributed by atoms with E-state index in [4.69, 9.17) is 23.2 Å². The van der Waals surface area contributed by atoms with Crippen LogP contribution in [0.1, 0.15) is 44.6 Å². The Labute approximate surface area is 246 Å². The van der Waals surface area contributed by atoms with Crippen molar-refractivity contribution < 1.29 is 18.0 Å². The molecule has 10 heteroatoms. The molecule has 3 aromatic rings. The smallest absolute Gasteiger partial charge is 0.264 e. The van der Waals surface area contributed by atoms with Crippen molar-refractivity contribution >= 4 is 50.7 Å². The van der Waals surface area contributed by atoms with Crippen LogP contribution in [0.25, 0.3) is 0 Å². The third-order valence-electron chi connectivity index (χ3n) is 7.09. The van der Waals surface area contributed by atoms with Gasteiger partial charge in [0.25, 0.3) is 10.0 Å². The van der Waals surface area contributed by atoms with Crippen LogP contribution < -0.4 is 9.62 Å². The summed E-state index contributed by atoms with van der Waals surface area (Å²) in [7, 11) is -4.17. The number of hydrogen-bond donors (Lipinski definition) is 1. The summed E-state index contributed by atoms with van der Waals surface area (Å²) in [6.45, 7) is 1.18. The van der Waals surface area contributed by atoms with Crippen LogP contribution >= 0.6 is 23.2 Å². The maximum Gasteiger partial charge on any atom is 0.264 e. The summed E-state index contributed by atoms with van der Waals surface area (Å²) in [6.07, 6.45) is 5.05. The van der Waals surface area contributed by atoms with Crippen LogP contribution in [0.5, 0.6) is 0 Å². The van der Waals surface area contributed by atoms with E-state index in [1.807, 2.05) is 6.07 Å². The summed E-state index contributed by atoms with van der Waals surface area (Å²) < 4.78 is 28.6. The van der Waals surface area contributed by atoms with Gasteiger partial charge in [0.15, 0.2) is 0 Å². The minimum atomic E-state index is -4.17. The van der Waals surface area contributed by atoms with Gasteiger partial charge in [-0.05, 0) is 61.7 Å². The number of para-hydroxylation sites is 1. The van der Waals surface area contributed by atoms with Crippen molar-refractivity contribution in [2.45, 2.75) is 62.6 Å². The quantitative estimate of drug-likeness (QED) is 0.306. The zero-order valence-electron chi connectivity index (χ0n) is 22.3. The lowest BCUT2D eigenvalue weighted by Gasteiger charge is -2.33. The third-order valence-corrected chi connectivity index (χ3v) is 9.42. The molecule has 0 heterocycles. The molecule has 40 heavy (non-hydrogen) atoms. The monoisotopic (exact) mass is 601 g/mol. The largest absolute Gasteiger partial charge is 0.352 e. The van der Waals surface area contributed by atoms with Gasteiger partial charge in [-0.3, -0.25) is 13.9 Å². The summed E-state index contributed by atoms with van der Waals surface area (Å²) >= 11 is 12.6. The maximum atomic E-state index is 14.0. The van der Waals surface area contributed by atoms with Gasteiger partial charge in [-0.15, -0.1) is 0 Å². The lowest BCUT2D eigenvalue weighted by molar-refractivity contribution is -0.139. The highest BCUT2D eigenvalue weighted by Gasteiger charge is 2.33. The van der Waals surface area contributed by atoms with E-state index in [1.54, 1.807) is 67.6 Å². The predicted octanol–water partition coefficient (Wildman–Crippen LogP) is 6.05. The molecule has 4 rings (SSSR count). The Balaban J connectivity index is 1.68. The average Bonchev–Trinajstić information content (AvgIpc) is 2.95. The molecule has 212 valence electrons. The highest BCUT2D eigenvalue weighted by Crippen LogP contribution is 2.31. The van der Waals surface area contributed by atoms with Gasteiger partial charge in [-0.25, -0.2) is 8.42 Å². The fourth-order valence-electron chi connectivity index (χ4n) is 4.87. The number of nitrogens with one attached hydrogen (secondary N) is 1. The molecular weight excluding hydrogens is 569 g/mol. The van der Waals surface area contributed by atoms with Gasteiger partial charge in [-0.1, -0.05) is 84.9 Å². The van der Waals surface area contributed by atoms with Gasteiger partial charge < -0.3 is 10.2 Å². The summed E-state index contributed by atoms with van der Waals surface area (Å²) in [6, 6.07) is 20.6. The van der Waals surface area contributed by atoms with Crippen molar-refractivity contribution in [1.82, 2.24) is 10.2 Å². The molecule has 1 saturated carbocycles. The summed E-state index contributed by atoms with van der Waals surface area (Å²) in [5.41, 5.74) is 0.886. The van der Waals surface area contributed by atoms with Crippen LogP contribution in [0.15, 0.2) is 83.8 Å². The van der Waals surface area contributed by atoms with Crippen molar-refractivity contribution in [3.05, 3.63) is 94.5 Å². The Morgan fingerprint density at radius 3 is 2.27 bits per heavy atom. The van der Waals surface area contributed by atoms with E-state index in [-0.39, 0.29) is 34.1 Å². The Morgan fingerprint density at radius 1 is 0.925 bits per heavy atom. The first-order chi connectivity index (χ1) is 19.2. The van der Waals surface area contributed by atoms with Crippen LogP contribution in [0, 0.1) is 0 Å². The molecule has 0 bridgehead atoms. The van der Waals surface area contributed by atoms with Crippen molar-refractivity contribution in [3.8, 4) is 0 Å². The van der Waals surface area contributed by atoms with Gasteiger partial charge >= 0.3 is 0 Å². The number of sulfonamides is 1. The van der Waals surface area contributed by atoms with Gasteiger partial charge in [0, 0.05) is 17.6 Å². The fourth-order valence-corrected chi connectivity index (χ4v) is 6.83. The molecule has 0 aromatic heterocycles. The summed E-state index contributed by atoms with van der Waals surface area (Å²) in [4.78, 5) is 28.8. The van der Waals surface area contributed by atoms with E-state index >= 15 is 0 Å². The number of benzene rings is 3. The second-order valence-corrected chi connectivity index (χ2v) is 12.7. The van der Waals surface area contributed by atoms with E-state index < -0.39 is 28.5 Å². The van der Waals surface area contributed by atoms with E-state index in [0.29, 0.717) is 10.6 Å². The molecule has 0 saturated heterocycles. The molecule has 0 aliphatic heterocycles. The van der Waals surface area contributed by atoms with Crippen LogP contribution in [0.4, 0.5) is 5.69 Å². The van der Waals surface area contributed by atoms with Crippen molar-refractivity contribution in [2.24, 2.45) is 0 Å². The van der Waals surface area contributed by atoms with Crippen LogP contribution in [-0.4, -0.2) is 43.8 Å². The minimum absolute atomic E-state index is 0.0206. The molecule has 1 aliphatic carbocycles. The number of nitrogens with zero attached hydrogens (tertiary/aromatic N) is 2. The highest BCUT2D eigenvalue weighted by atomic mass is 35.5. The number of hydrogen-bond acceptors (Lipinski definition) is 4. The zero-order chi connectivity index (χ0) is 28.7. The molecule has 3 aromatic carbocycles. The minimum Gasteiger partial charge on any atom is -0.352 e. The van der Waals surface area contributed by atoms with Crippen LogP contribution in [-0.2, 0) is 26.2 Å². The Kier molecular flexibility index (Phi) is 10.1. The first kappa shape index (κ1) is 29.9. The Bertz CT molecular complexity index is 1430. The molecule has 0 radical (unpaired) electrons. The van der Waals surface area contributed by atoms with E-state index in [1.165, 1.54) is 17.0 Å². The van der Waals surface area contributed by atoms with Crippen molar-refractivity contribution in [2.75, 3.05) is 10.8 Å². The number of carbonyl (C=O) groups is 2. The molecule has 0 spiro atoms. The Morgan fingerprint density at radius 2 is 1.60 bits per heavy atom. The molecule has 1 fully saturated rings. The van der Waals surface area contributed by atoms with Crippen LogP contribution in [0.2, 0.25) is 10.0 Å². The van der Waals surface area contributed by atoms with E-state index in [2.05, 4.69) is 5.32 Å². The SMILES string of the molecule is CC(C(=O)NC1CCCCC1)N(Cc1cccc(Cl)c1)C(=O)CN(c1ccccc1Cl)S(=O)(=O)c1ccccc1. The molecule has 2 amide bonds. The highest BCUT2D eigenvalue weighted by molar-refractivity contribution is 7.92. The van der Waals surface area contributed by atoms with Gasteiger partial charge in [-0.2, -0.15) is 0 Å². The molecule has 7 nitrogen and oxygen atoms in total. The molecule has 1 N–H and O–H groups in total.